The van der Waals surface area contributed by atoms with Crippen molar-refractivity contribution in [2.75, 3.05) is 5.48 Å². The second-order valence-electron chi connectivity index (χ2n) is 13.6. The number of pyridine rings is 2. The van der Waals surface area contributed by atoms with Crippen LogP contribution in [0.15, 0.2) is 164 Å². The van der Waals surface area contributed by atoms with Crippen molar-refractivity contribution in [3.05, 3.63) is 164 Å². The average Bonchev–Trinajstić information content (AvgIpc) is 3.68. The van der Waals surface area contributed by atoms with Crippen LogP contribution in [0.2, 0.25) is 0 Å². The molecule has 0 spiro atoms. The van der Waals surface area contributed by atoms with Crippen LogP contribution in [0, 0.1) is 0 Å². The van der Waals surface area contributed by atoms with Gasteiger partial charge in [-0.25, -0.2) is 15.0 Å². The van der Waals surface area contributed by atoms with Gasteiger partial charge in [-0.05, 0) is 80.2 Å². The zero-order chi connectivity index (χ0) is 36.5. The summed E-state index contributed by atoms with van der Waals surface area (Å²) in [5.74, 6) is 1.92. The van der Waals surface area contributed by atoms with Crippen LogP contribution in [0.4, 0.5) is 5.69 Å². The third-order valence-corrected chi connectivity index (χ3v) is 10.4. The molecular weight excluding hydrogens is 681 g/mol. The molecule has 11 rings (SSSR count). The summed E-state index contributed by atoms with van der Waals surface area (Å²) in [4.78, 5) is 25.5. The summed E-state index contributed by atoms with van der Waals surface area (Å²) in [6.45, 7) is 0. The van der Waals surface area contributed by atoms with Gasteiger partial charge in [-0.2, -0.15) is 5.48 Å². The number of phenols is 1. The van der Waals surface area contributed by atoms with E-state index >= 15 is 0 Å². The monoisotopic (exact) mass is 709 g/mol. The lowest BCUT2D eigenvalue weighted by Crippen LogP contribution is -2.40. The molecule has 2 N–H and O–H groups in total. The van der Waals surface area contributed by atoms with Crippen LogP contribution in [-0.2, 0) is 0 Å². The van der Waals surface area contributed by atoms with Gasteiger partial charge in [0.2, 0.25) is 6.20 Å². The Hall–Kier alpha value is -7.71. The fourth-order valence-electron chi connectivity index (χ4n) is 7.99. The Labute approximate surface area is 314 Å². The molecule has 8 heteroatoms. The Bertz CT molecular complexity index is 3100. The number of rotatable bonds is 5. The van der Waals surface area contributed by atoms with E-state index in [0.29, 0.717) is 23.0 Å². The number of phenolic OH excluding ortho intramolecular Hbond substituents is 1. The molecule has 4 heterocycles. The van der Waals surface area contributed by atoms with Gasteiger partial charge in [-0.1, -0.05) is 109 Å². The van der Waals surface area contributed by atoms with Crippen molar-refractivity contribution in [2.24, 2.45) is 0 Å². The molecule has 0 atom stereocenters. The lowest BCUT2D eigenvalue weighted by molar-refractivity contribution is -0.858. The fourth-order valence-corrected chi connectivity index (χ4v) is 7.99. The number of anilines is 1. The molecule has 0 amide bonds. The minimum absolute atomic E-state index is 0.145. The smallest absolute Gasteiger partial charge is 0.294 e. The number of fused-ring (bicyclic) bond motifs is 3. The van der Waals surface area contributed by atoms with E-state index in [-0.39, 0.29) is 5.75 Å². The highest BCUT2D eigenvalue weighted by atomic mass is 16.8. The van der Waals surface area contributed by atoms with Crippen molar-refractivity contribution in [2.45, 2.75) is 0 Å². The summed E-state index contributed by atoms with van der Waals surface area (Å²) in [6.07, 6.45) is 3.62. The Morgan fingerprint density at radius 2 is 1.07 bits per heavy atom. The zero-order valence-corrected chi connectivity index (χ0v) is 29.2. The first kappa shape index (κ1) is 30.9. The molecule has 7 aromatic carbocycles. The molecule has 55 heavy (non-hydrogen) atoms. The summed E-state index contributed by atoms with van der Waals surface area (Å²) >= 11 is 0. The van der Waals surface area contributed by atoms with E-state index in [4.69, 9.17) is 19.9 Å². The Morgan fingerprint density at radius 1 is 0.491 bits per heavy atom. The van der Waals surface area contributed by atoms with Gasteiger partial charge in [0.1, 0.15) is 11.3 Å². The standard InChI is InChI=1S/C47H28N6O2/c54-40-24-22-33(36-17-9-25-48-43(36)40)41-31-15-7-8-16-32(31)42(34-21-23-39-44-37(34)18-10-26-53(44)55-52-39)38-27-30(19-20-35(38)41)47-50-45(28-11-3-1-4-12-28)49-46(51-47)29-13-5-2-6-14-29/h1-27,52H/p+1. The van der Waals surface area contributed by atoms with Crippen LogP contribution in [-0.4, -0.2) is 25.0 Å². The number of aromatic hydroxyl groups is 1. The maximum absolute atomic E-state index is 10.9. The highest BCUT2D eigenvalue weighted by Crippen LogP contribution is 2.48. The third kappa shape index (κ3) is 4.89. The topological polar surface area (TPSA) is 96.9 Å². The molecule has 0 saturated carbocycles. The van der Waals surface area contributed by atoms with Crippen LogP contribution in [0.3, 0.4) is 0 Å². The lowest BCUT2D eigenvalue weighted by atomic mass is 9.83. The normalized spacial score (nSPS) is 12.0. The first-order valence-corrected chi connectivity index (χ1v) is 18.0. The van der Waals surface area contributed by atoms with E-state index in [9.17, 15) is 5.11 Å². The van der Waals surface area contributed by atoms with Gasteiger partial charge in [0.05, 0.1) is 5.39 Å². The molecule has 0 fully saturated rings. The second-order valence-corrected chi connectivity index (χ2v) is 13.6. The van der Waals surface area contributed by atoms with E-state index in [0.717, 1.165) is 82.5 Å². The molecule has 0 bridgehead atoms. The lowest BCUT2D eigenvalue weighted by Gasteiger charge is -2.20. The van der Waals surface area contributed by atoms with Crippen LogP contribution in [0.1, 0.15) is 0 Å². The summed E-state index contributed by atoms with van der Waals surface area (Å²) in [7, 11) is 0. The fraction of sp³-hybridized carbons (Fsp3) is 0. The van der Waals surface area contributed by atoms with Crippen molar-refractivity contribution < 1.29 is 14.8 Å². The second kappa shape index (κ2) is 12.2. The zero-order valence-electron chi connectivity index (χ0n) is 29.2. The molecule has 10 aromatic rings. The number of hydrogen-bond donors (Lipinski definition) is 2. The van der Waals surface area contributed by atoms with E-state index in [1.165, 1.54) is 0 Å². The molecule has 1 aliphatic rings. The van der Waals surface area contributed by atoms with Crippen LogP contribution in [0.25, 0.3) is 99.8 Å². The van der Waals surface area contributed by atoms with Gasteiger partial charge in [-0.3, -0.25) is 4.98 Å². The number of nitrogens with one attached hydrogen (secondary N) is 1. The van der Waals surface area contributed by atoms with Crippen molar-refractivity contribution in [3.63, 3.8) is 0 Å². The molecule has 0 radical (unpaired) electrons. The summed E-state index contributed by atoms with van der Waals surface area (Å²) in [5, 5.41) is 17.0. The quantitative estimate of drug-likeness (QED) is 0.136. The number of hydrogen-bond acceptors (Lipinski definition) is 7. The highest BCUT2D eigenvalue weighted by molar-refractivity contribution is 6.25. The van der Waals surface area contributed by atoms with Crippen molar-refractivity contribution >= 4 is 49.0 Å². The van der Waals surface area contributed by atoms with E-state index in [2.05, 4.69) is 71.1 Å². The predicted molar refractivity (Wildman–Crippen MR) is 217 cm³/mol. The molecule has 258 valence electrons. The van der Waals surface area contributed by atoms with Crippen molar-refractivity contribution in [3.8, 4) is 62.2 Å². The number of benzene rings is 7. The van der Waals surface area contributed by atoms with Gasteiger partial charge < -0.3 is 5.11 Å². The summed E-state index contributed by atoms with van der Waals surface area (Å²) in [6, 6.07) is 51.1. The van der Waals surface area contributed by atoms with Gasteiger partial charge in [0, 0.05) is 39.1 Å². The van der Waals surface area contributed by atoms with E-state index in [1.54, 1.807) is 17.0 Å². The van der Waals surface area contributed by atoms with E-state index in [1.807, 2.05) is 91.1 Å². The van der Waals surface area contributed by atoms with Gasteiger partial charge in [0.25, 0.3) is 5.52 Å². The summed E-state index contributed by atoms with van der Waals surface area (Å²) < 4.78 is 1.77. The molecule has 3 aromatic heterocycles. The van der Waals surface area contributed by atoms with Crippen LogP contribution in [0.5, 0.6) is 5.75 Å². The minimum atomic E-state index is 0.145. The maximum atomic E-state index is 10.9. The first-order chi connectivity index (χ1) is 27.2. The first-order valence-electron chi connectivity index (χ1n) is 18.0. The molecule has 0 unspecified atom stereocenters. The Morgan fingerprint density at radius 3 is 1.80 bits per heavy atom. The van der Waals surface area contributed by atoms with E-state index < -0.39 is 0 Å². The van der Waals surface area contributed by atoms with Crippen molar-refractivity contribution in [1.29, 1.82) is 0 Å². The Kier molecular flexibility index (Phi) is 6.84. The van der Waals surface area contributed by atoms with Crippen LogP contribution >= 0.6 is 0 Å². The maximum Gasteiger partial charge on any atom is 0.294 e. The molecule has 0 saturated heterocycles. The molecule has 0 aliphatic carbocycles. The highest BCUT2D eigenvalue weighted by Gasteiger charge is 2.28. The summed E-state index contributed by atoms with van der Waals surface area (Å²) in [5.41, 5.74) is 12.3. The molecule has 8 nitrogen and oxygen atoms in total. The molecule has 1 aliphatic heterocycles. The van der Waals surface area contributed by atoms with Crippen molar-refractivity contribution in [1.82, 2.24) is 19.9 Å². The minimum Gasteiger partial charge on any atom is -0.506 e. The van der Waals surface area contributed by atoms with Gasteiger partial charge in [-0.15, -0.1) is 4.94 Å². The van der Waals surface area contributed by atoms with Crippen LogP contribution < -0.4 is 15.1 Å². The van der Waals surface area contributed by atoms with Gasteiger partial charge >= 0.3 is 0 Å². The number of nitrogens with zero attached hydrogens (tertiary/aromatic N) is 5. The third-order valence-electron chi connectivity index (χ3n) is 10.4. The molecular formula is C47H29N6O2+. The SMILES string of the molecule is Oc1ccc(-c2c3ccccc3c(-c3ccc4c5c3ccc[n+]5ON4)c3cc(-c4nc(-c5ccccc5)nc(-c5ccccc5)n4)ccc23)c2cccnc12. The Balaban J connectivity index is 1.26. The average molecular weight is 710 g/mol. The largest absolute Gasteiger partial charge is 0.506 e. The number of aromatic nitrogens is 5. The van der Waals surface area contributed by atoms with Gasteiger partial charge in [0.15, 0.2) is 23.2 Å². The predicted octanol–water partition coefficient (Wildman–Crippen LogP) is 9.98.